The summed E-state index contributed by atoms with van der Waals surface area (Å²) < 4.78 is 0. The van der Waals surface area contributed by atoms with Crippen molar-refractivity contribution in [2.24, 2.45) is 0 Å². The minimum absolute atomic E-state index is 0.0341. The van der Waals surface area contributed by atoms with Crippen molar-refractivity contribution in [3.63, 3.8) is 0 Å². The second kappa shape index (κ2) is 7.59. The number of anilines is 2. The van der Waals surface area contributed by atoms with Crippen molar-refractivity contribution in [1.82, 2.24) is 10.3 Å². The Hall–Kier alpha value is -2.89. The van der Waals surface area contributed by atoms with Crippen LogP contribution in [-0.2, 0) is 0 Å². The zero-order chi connectivity index (χ0) is 17.7. The summed E-state index contributed by atoms with van der Waals surface area (Å²) in [6.45, 7) is 5.65. The van der Waals surface area contributed by atoms with Crippen molar-refractivity contribution in [3.8, 4) is 0 Å². The molecule has 1 heterocycles. The quantitative estimate of drug-likeness (QED) is 0.906. The van der Waals surface area contributed by atoms with Gasteiger partial charge in [-0.05, 0) is 50.6 Å². The van der Waals surface area contributed by atoms with Gasteiger partial charge in [0.2, 0.25) is 0 Å². The first-order valence-electron chi connectivity index (χ1n) is 7.74. The molecular weight excluding hydrogens is 304 g/mol. The lowest BCUT2D eigenvalue weighted by atomic mass is 10.1. The van der Waals surface area contributed by atoms with E-state index < -0.39 is 0 Å². The van der Waals surface area contributed by atoms with Crippen molar-refractivity contribution in [3.05, 3.63) is 53.9 Å². The number of carbonyl (C=O) groups is 2. The first-order chi connectivity index (χ1) is 11.4. The zero-order valence-electron chi connectivity index (χ0n) is 14.3. The highest BCUT2D eigenvalue weighted by molar-refractivity contribution is 6.06. The summed E-state index contributed by atoms with van der Waals surface area (Å²) in [5.74, 6) is -0.171. The summed E-state index contributed by atoms with van der Waals surface area (Å²) in [6.07, 6.45) is 3.28. The van der Waals surface area contributed by atoms with Gasteiger partial charge in [-0.3, -0.25) is 9.78 Å². The summed E-state index contributed by atoms with van der Waals surface area (Å²) in [6, 6.07) is 8.58. The van der Waals surface area contributed by atoms with Crippen LogP contribution in [0.5, 0.6) is 0 Å². The fourth-order valence-corrected chi connectivity index (χ4v) is 2.17. The number of pyridine rings is 1. The van der Waals surface area contributed by atoms with Crippen LogP contribution in [0.3, 0.4) is 0 Å². The highest BCUT2D eigenvalue weighted by atomic mass is 16.2. The molecule has 0 aliphatic rings. The number of carbonyl (C=O) groups excluding carboxylic acids is 2. The van der Waals surface area contributed by atoms with Gasteiger partial charge >= 0.3 is 6.03 Å². The second-order valence-corrected chi connectivity index (χ2v) is 5.86. The highest BCUT2D eigenvalue weighted by Gasteiger charge is 2.15. The number of aromatic nitrogens is 1. The van der Waals surface area contributed by atoms with Gasteiger partial charge in [-0.15, -0.1) is 0 Å². The SMILES string of the molecule is Cc1ccc(C(=O)N(C)c2cccnc2)cc1NC(=O)NC(C)C. The number of nitrogens with zero attached hydrogens (tertiary/aromatic N) is 2. The first kappa shape index (κ1) is 17.5. The molecular formula is C18H22N4O2. The lowest BCUT2D eigenvalue weighted by Gasteiger charge is -2.18. The van der Waals surface area contributed by atoms with Crippen molar-refractivity contribution >= 4 is 23.3 Å². The molecule has 1 aromatic heterocycles. The van der Waals surface area contributed by atoms with Gasteiger partial charge in [0.1, 0.15) is 0 Å². The third-order valence-electron chi connectivity index (χ3n) is 3.49. The maximum atomic E-state index is 12.6. The standard InChI is InChI=1S/C18H22N4O2/c1-12(2)20-18(24)21-16-10-14(8-7-13(16)3)17(23)22(4)15-6-5-9-19-11-15/h5-12H,1-4H3,(H2,20,21,24). The van der Waals surface area contributed by atoms with Crippen LogP contribution in [0.4, 0.5) is 16.2 Å². The number of urea groups is 1. The third-order valence-corrected chi connectivity index (χ3v) is 3.49. The molecule has 0 saturated carbocycles. The van der Waals surface area contributed by atoms with Crippen LogP contribution < -0.4 is 15.5 Å². The van der Waals surface area contributed by atoms with Gasteiger partial charge in [-0.25, -0.2) is 4.79 Å². The Kier molecular flexibility index (Phi) is 5.52. The van der Waals surface area contributed by atoms with E-state index in [0.29, 0.717) is 16.9 Å². The number of nitrogens with one attached hydrogen (secondary N) is 2. The van der Waals surface area contributed by atoms with Gasteiger partial charge < -0.3 is 15.5 Å². The molecule has 0 radical (unpaired) electrons. The van der Waals surface area contributed by atoms with E-state index in [-0.39, 0.29) is 18.0 Å². The Morgan fingerprint density at radius 2 is 1.96 bits per heavy atom. The Balaban J connectivity index is 2.21. The molecule has 2 aromatic rings. The van der Waals surface area contributed by atoms with Crippen LogP contribution in [0.15, 0.2) is 42.7 Å². The molecule has 6 heteroatoms. The smallest absolute Gasteiger partial charge is 0.319 e. The maximum Gasteiger partial charge on any atom is 0.319 e. The topological polar surface area (TPSA) is 74.3 Å². The lowest BCUT2D eigenvalue weighted by Crippen LogP contribution is -2.34. The van der Waals surface area contributed by atoms with Gasteiger partial charge in [0.05, 0.1) is 11.9 Å². The molecule has 24 heavy (non-hydrogen) atoms. The summed E-state index contributed by atoms with van der Waals surface area (Å²) >= 11 is 0. The molecule has 2 rings (SSSR count). The Morgan fingerprint density at radius 3 is 2.58 bits per heavy atom. The van der Waals surface area contributed by atoms with Crippen LogP contribution in [0.2, 0.25) is 0 Å². The minimum atomic E-state index is -0.293. The molecule has 3 amide bonds. The maximum absolute atomic E-state index is 12.6. The van der Waals surface area contributed by atoms with E-state index in [1.54, 1.807) is 37.6 Å². The summed E-state index contributed by atoms with van der Waals surface area (Å²) in [4.78, 5) is 30.1. The van der Waals surface area contributed by atoms with Gasteiger partial charge in [-0.1, -0.05) is 6.07 Å². The summed E-state index contributed by atoms with van der Waals surface area (Å²) in [5, 5.41) is 5.54. The van der Waals surface area contributed by atoms with Crippen molar-refractivity contribution in [2.75, 3.05) is 17.3 Å². The fourth-order valence-electron chi connectivity index (χ4n) is 2.17. The largest absolute Gasteiger partial charge is 0.336 e. The molecule has 0 unspecified atom stereocenters. The number of amides is 3. The van der Waals surface area contributed by atoms with E-state index in [1.165, 1.54) is 4.90 Å². The Morgan fingerprint density at radius 1 is 1.21 bits per heavy atom. The van der Waals surface area contributed by atoms with Crippen LogP contribution >= 0.6 is 0 Å². The number of hydrogen-bond acceptors (Lipinski definition) is 3. The molecule has 0 aliphatic carbocycles. The molecule has 126 valence electrons. The average molecular weight is 326 g/mol. The molecule has 1 aromatic carbocycles. The van der Waals surface area contributed by atoms with Gasteiger partial charge in [0, 0.05) is 30.5 Å². The predicted molar refractivity (Wildman–Crippen MR) is 95.4 cm³/mol. The second-order valence-electron chi connectivity index (χ2n) is 5.86. The Labute approximate surface area is 141 Å². The van der Waals surface area contributed by atoms with Crippen molar-refractivity contribution in [1.29, 1.82) is 0 Å². The third kappa shape index (κ3) is 4.32. The van der Waals surface area contributed by atoms with Crippen molar-refractivity contribution in [2.45, 2.75) is 26.8 Å². The van der Waals surface area contributed by atoms with Crippen LogP contribution in [0.1, 0.15) is 29.8 Å². The van der Waals surface area contributed by atoms with Gasteiger partial charge in [-0.2, -0.15) is 0 Å². The highest BCUT2D eigenvalue weighted by Crippen LogP contribution is 2.20. The summed E-state index contributed by atoms with van der Waals surface area (Å²) in [5.41, 5.74) is 2.69. The van der Waals surface area contributed by atoms with E-state index in [0.717, 1.165) is 5.56 Å². The van der Waals surface area contributed by atoms with Crippen LogP contribution in [-0.4, -0.2) is 30.0 Å². The monoisotopic (exact) mass is 326 g/mol. The van der Waals surface area contributed by atoms with E-state index >= 15 is 0 Å². The number of rotatable bonds is 4. The Bertz CT molecular complexity index is 729. The van der Waals surface area contributed by atoms with Crippen LogP contribution in [0.25, 0.3) is 0 Å². The molecule has 2 N–H and O–H groups in total. The molecule has 0 saturated heterocycles. The van der Waals surface area contributed by atoms with Crippen molar-refractivity contribution < 1.29 is 9.59 Å². The summed E-state index contributed by atoms with van der Waals surface area (Å²) in [7, 11) is 1.69. The van der Waals surface area contributed by atoms with Gasteiger partial charge in [0.25, 0.3) is 5.91 Å². The molecule has 0 spiro atoms. The lowest BCUT2D eigenvalue weighted by molar-refractivity contribution is 0.0993. The number of hydrogen-bond donors (Lipinski definition) is 2. The molecule has 0 atom stereocenters. The average Bonchev–Trinajstić information content (AvgIpc) is 2.55. The van der Waals surface area contributed by atoms with E-state index in [1.807, 2.05) is 32.9 Å². The van der Waals surface area contributed by atoms with E-state index in [4.69, 9.17) is 0 Å². The molecule has 0 fully saturated rings. The zero-order valence-corrected chi connectivity index (χ0v) is 14.3. The predicted octanol–water partition coefficient (Wildman–Crippen LogP) is 3.20. The molecule has 0 bridgehead atoms. The number of benzene rings is 1. The van der Waals surface area contributed by atoms with E-state index in [9.17, 15) is 9.59 Å². The van der Waals surface area contributed by atoms with E-state index in [2.05, 4.69) is 15.6 Å². The normalized spacial score (nSPS) is 10.4. The first-order valence-corrected chi connectivity index (χ1v) is 7.74. The fraction of sp³-hybridized carbons (Fsp3) is 0.278. The minimum Gasteiger partial charge on any atom is -0.336 e. The number of aryl methyl sites for hydroxylation is 1. The van der Waals surface area contributed by atoms with Gasteiger partial charge in [0.15, 0.2) is 0 Å². The molecule has 6 nitrogen and oxygen atoms in total. The molecule has 0 aliphatic heterocycles. The van der Waals surface area contributed by atoms with Crippen LogP contribution in [0, 0.1) is 6.92 Å².